The second-order valence-electron chi connectivity index (χ2n) is 4.94. The van der Waals surface area contributed by atoms with Gasteiger partial charge in [-0.05, 0) is 55.3 Å². The van der Waals surface area contributed by atoms with Crippen LogP contribution in [0.4, 0.5) is 0 Å². The molecule has 0 aliphatic rings. The number of rotatable bonds is 5. The van der Waals surface area contributed by atoms with Gasteiger partial charge < -0.3 is 4.74 Å². The second-order valence-corrected chi connectivity index (χ2v) is 5.81. The van der Waals surface area contributed by atoms with Crippen molar-refractivity contribution in [3.05, 3.63) is 63.6 Å². The fourth-order valence-corrected chi connectivity index (χ4v) is 2.20. The fourth-order valence-electron chi connectivity index (χ4n) is 1.85. The van der Waals surface area contributed by atoms with Gasteiger partial charge in [0.05, 0.1) is 5.71 Å². The molecule has 2 aromatic rings. The van der Waals surface area contributed by atoms with Crippen LogP contribution >= 0.6 is 23.2 Å². The first kappa shape index (κ1) is 17.3. The zero-order chi connectivity index (χ0) is 16.8. The van der Waals surface area contributed by atoms with Crippen molar-refractivity contribution in [3.63, 3.8) is 0 Å². The number of carbonyl (C=O) groups is 1. The van der Waals surface area contributed by atoms with E-state index in [1.165, 1.54) is 0 Å². The lowest BCUT2D eigenvalue weighted by molar-refractivity contribution is -0.123. The molecule has 0 aliphatic heterocycles. The first-order chi connectivity index (χ1) is 11.0. The normalized spacial score (nSPS) is 11.2. The van der Waals surface area contributed by atoms with Crippen LogP contribution in [0.15, 0.2) is 47.6 Å². The Hall–Kier alpha value is -2.04. The lowest BCUT2D eigenvalue weighted by Crippen LogP contribution is -2.25. The smallest absolute Gasteiger partial charge is 0.277 e. The first-order valence-electron chi connectivity index (χ1n) is 6.94. The third kappa shape index (κ3) is 5.27. The van der Waals surface area contributed by atoms with Gasteiger partial charge in [0, 0.05) is 10.0 Å². The van der Waals surface area contributed by atoms with Crippen molar-refractivity contribution in [3.8, 4) is 5.75 Å². The monoisotopic (exact) mass is 350 g/mol. The van der Waals surface area contributed by atoms with Crippen LogP contribution in [0.5, 0.6) is 5.75 Å². The van der Waals surface area contributed by atoms with Gasteiger partial charge in [-0.3, -0.25) is 4.79 Å². The molecule has 0 aromatic heterocycles. The second kappa shape index (κ2) is 7.99. The average Bonchev–Trinajstić information content (AvgIpc) is 2.52. The van der Waals surface area contributed by atoms with Gasteiger partial charge in [0.2, 0.25) is 0 Å². The number of hydrogen-bond donors (Lipinski definition) is 1. The summed E-state index contributed by atoms with van der Waals surface area (Å²) < 4.78 is 5.45. The number of nitrogens with zero attached hydrogens (tertiary/aromatic N) is 1. The Bertz CT molecular complexity index is 728. The average molecular weight is 351 g/mol. The Kier molecular flexibility index (Phi) is 6.02. The van der Waals surface area contributed by atoms with E-state index in [1.54, 1.807) is 37.3 Å². The van der Waals surface area contributed by atoms with E-state index in [-0.39, 0.29) is 12.5 Å². The lowest BCUT2D eigenvalue weighted by Gasteiger charge is -2.08. The Morgan fingerprint density at radius 1 is 1.13 bits per heavy atom. The van der Waals surface area contributed by atoms with E-state index in [1.807, 2.05) is 19.1 Å². The molecule has 0 fully saturated rings. The maximum atomic E-state index is 11.8. The van der Waals surface area contributed by atoms with E-state index in [4.69, 9.17) is 27.9 Å². The zero-order valence-corrected chi connectivity index (χ0v) is 14.3. The summed E-state index contributed by atoms with van der Waals surface area (Å²) in [5, 5.41) is 5.32. The molecule has 0 heterocycles. The van der Waals surface area contributed by atoms with Gasteiger partial charge in [0.15, 0.2) is 6.61 Å². The summed E-state index contributed by atoms with van der Waals surface area (Å²) in [5.41, 5.74) is 4.89. The third-order valence-corrected chi connectivity index (χ3v) is 3.59. The van der Waals surface area contributed by atoms with E-state index in [0.717, 1.165) is 11.1 Å². The van der Waals surface area contributed by atoms with Gasteiger partial charge in [0.1, 0.15) is 5.75 Å². The Morgan fingerprint density at radius 2 is 1.78 bits per heavy atom. The van der Waals surface area contributed by atoms with Crippen LogP contribution in [0.2, 0.25) is 10.0 Å². The van der Waals surface area contributed by atoms with E-state index >= 15 is 0 Å². The number of hydrogen-bond acceptors (Lipinski definition) is 3. The molecule has 0 radical (unpaired) electrons. The summed E-state index contributed by atoms with van der Waals surface area (Å²) in [6.07, 6.45) is 0. The van der Waals surface area contributed by atoms with Crippen LogP contribution in [0, 0.1) is 6.92 Å². The van der Waals surface area contributed by atoms with Crippen LogP contribution in [-0.4, -0.2) is 18.2 Å². The number of aryl methyl sites for hydroxylation is 1. The van der Waals surface area contributed by atoms with Crippen LogP contribution in [-0.2, 0) is 4.79 Å². The highest BCUT2D eigenvalue weighted by molar-refractivity contribution is 6.31. The molecule has 1 amide bonds. The van der Waals surface area contributed by atoms with Crippen molar-refractivity contribution >= 4 is 34.8 Å². The molecule has 23 heavy (non-hydrogen) atoms. The topological polar surface area (TPSA) is 50.7 Å². The maximum Gasteiger partial charge on any atom is 0.277 e. The Balaban J connectivity index is 1.89. The number of hydrazone groups is 1. The van der Waals surface area contributed by atoms with E-state index in [9.17, 15) is 4.79 Å². The molecule has 0 atom stereocenters. The number of benzene rings is 2. The quantitative estimate of drug-likeness (QED) is 0.648. The molecule has 0 aliphatic carbocycles. The number of nitrogens with one attached hydrogen (secondary N) is 1. The van der Waals surface area contributed by atoms with Gasteiger partial charge in [-0.2, -0.15) is 5.10 Å². The Labute approximate surface area is 145 Å². The summed E-state index contributed by atoms with van der Waals surface area (Å²) in [5.74, 6) is 0.274. The first-order valence-corrected chi connectivity index (χ1v) is 7.69. The molecule has 0 bridgehead atoms. The highest BCUT2D eigenvalue weighted by Crippen LogP contribution is 2.21. The molecule has 1 N–H and O–H groups in total. The molecule has 6 heteroatoms. The molecule has 0 spiro atoms. The fraction of sp³-hybridized carbons (Fsp3) is 0.176. The van der Waals surface area contributed by atoms with Crippen molar-refractivity contribution in [1.82, 2.24) is 5.43 Å². The molecular weight excluding hydrogens is 335 g/mol. The maximum absolute atomic E-state index is 11.8. The highest BCUT2D eigenvalue weighted by Gasteiger charge is 2.05. The molecule has 2 rings (SSSR count). The molecule has 120 valence electrons. The van der Waals surface area contributed by atoms with Gasteiger partial charge in [-0.1, -0.05) is 35.3 Å². The standard InChI is InChI=1S/C17H16Cl2N2O2/c1-11-9-15(19)7-8-16(11)23-10-17(22)21-20-12(2)13-3-5-14(18)6-4-13/h3-9H,10H2,1-2H3,(H,21,22)/b20-12+. The van der Waals surface area contributed by atoms with Crippen LogP contribution in [0.25, 0.3) is 0 Å². The SMILES string of the molecule is C/C(=N\NC(=O)COc1ccc(Cl)cc1C)c1ccc(Cl)cc1. The number of carbonyl (C=O) groups excluding carboxylic acids is 1. The number of halogens is 2. The lowest BCUT2D eigenvalue weighted by atomic mass is 10.1. The Morgan fingerprint density at radius 3 is 2.43 bits per heavy atom. The number of ether oxygens (including phenoxy) is 1. The molecule has 4 nitrogen and oxygen atoms in total. The van der Waals surface area contributed by atoms with Crippen molar-refractivity contribution in [2.75, 3.05) is 6.61 Å². The summed E-state index contributed by atoms with van der Waals surface area (Å²) in [6, 6.07) is 12.4. The van der Waals surface area contributed by atoms with Crippen molar-refractivity contribution in [2.24, 2.45) is 5.10 Å². The van der Waals surface area contributed by atoms with Gasteiger partial charge >= 0.3 is 0 Å². The van der Waals surface area contributed by atoms with Crippen LogP contribution in [0.1, 0.15) is 18.1 Å². The highest BCUT2D eigenvalue weighted by atomic mass is 35.5. The van der Waals surface area contributed by atoms with Crippen molar-refractivity contribution < 1.29 is 9.53 Å². The molecule has 2 aromatic carbocycles. The summed E-state index contributed by atoms with van der Waals surface area (Å²) in [6.45, 7) is 3.54. The minimum atomic E-state index is -0.340. The van der Waals surface area contributed by atoms with Gasteiger partial charge in [0.25, 0.3) is 5.91 Å². The van der Waals surface area contributed by atoms with Crippen molar-refractivity contribution in [1.29, 1.82) is 0 Å². The minimum absolute atomic E-state index is 0.125. The summed E-state index contributed by atoms with van der Waals surface area (Å²) in [7, 11) is 0. The summed E-state index contributed by atoms with van der Waals surface area (Å²) >= 11 is 11.7. The van der Waals surface area contributed by atoms with E-state index < -0.39 is 0 Å². The molecule has 0 unspecified atom stereocenters. The summed E-state index contributed by atoms with van der Waals surface area (Å²) in [4.78, 5) is 11.8. The largest absolute Gasteiger partial charge is 0.483 e. The van der Waals surface area contributed by atoms with E-state index in [0.29, 0.717) is 21.5 Å². The van der Waals surface area contributed by atoms with Crippen LogP contribution < -0.4 is 10.2 Å². The van der Waals surface area contributed by atoms with Gasteiger partial charge in [-0.15, -0.1) is 0 Å². The molecule has 0 saturated carbocycles. The van der Waals surface area contributed by atoms with Gasteiger partial charge in [-0.25, -0.2) is 5.43 Å². The zero-order valence-electron chi connectivity index (χ0n) is 12.8. The predicted octanol–water partition coefficient (Wildman–Crippen LogP) is 4.22. The van der Waals surface area contributed by atoms with Crippen LogP contribution in [0.3, 0.4) is 0 Å². The third-order valence-electron chi connectivity index (χ3n) is 3.11. The molecule has 0 saturated heterocycles. The van der Waals surface area contributed by atoms with Crippen molar-refractivity contribution in [2.45, 2.75) is 13.8 Å². The molecular formula is C17H16Cl2N2O2. The predicted molar refractivity (Wildman–Crippen MR) is 93.5 cm³/mol. The minimum Gasteiger partial charge on any atom is -0.483 e. The number of amides is 1. The van der Waals surface area contributed by atoms with E-state index in [2.05, 4.69) is 10.5 Å².